The van der Waals surface area contributed by atoms with Crippen LogP contribution in [0.15, 0.2) is 24.3 Å². The van der Waals surface area contributed by atoms with Gasteiger partial charge in [0.1, 0.15) is 11.7 Å². The first-order chi connectivity index (χ1) is 7.76. The number of hydrogen-bond donors (Lipinski definition) is 0. The number of benzene rings is 1. The molecule has 0 unspecified atom stereocenters. The number of rotatable bonds is 2. The topological polar surface area (TPSA) is 53.3 Å². The zero-order valence-corrected chi connectivity index (χ0v) is 9.01. The van der Waals surface area contributed by atoms with Gasteiger partial charge in [-0.3, -0.25) is 4.79 Å². The highest BCUT2D eigenvalue weighted by Gasteiger charge is 2.32. The molecule has 0 saturated carbocycles. The van der Waals surface area contributed by atoms with Crippen molar-refractivity contribution in [1.29, 1.82) is 5.26 Å². The summed E-state index contributed by atoms with van der Waals surface area (Å²) in [6.07, 6.45) is 0.612. The molecule has 0 spiro atoms. The molecule has 2 rings (SSSR count). The van der Waals surface area contributed by atoms with E-state index in [-0.39, 0.29) is 5.91 Å². The van der Waals surface area contributed by atoms with Crippen molar-refractivity contribution in [2.24, 2.45) is 5.92 Å². The van der Waals surface area contributed by atoms with Crippen LogP contribution in [0.1, 0.15) is 6.42 Å². The second-order valence-electron chi connectivity index (χ2n) is 3.66. The summed E-state index contributed by atoms with van der Waals surface area (Å²) in [5, 5.41) is 8.77. The maximum atomic E-state index is 11.8. The van der Waals surface area contributed by atoms with Crippen molar-refractivity contribution >= 4 is 11.6 Å². The van der Waals surface area contributed by atoms with E-state index in [2.05, 4.69) is 0 Å². The Labute approximate surface area is 94.0 Å². The van der Waals surface area contributed by atoms with E-state index in [9.17, 15) is 4.79 Å². The third-order valence-corrected chi connectivity index (χ3v) is 2.75. The Morgan fingerprint density at radius 2 is 2.12 bits per heavy atom. The van der Waals surface area contributed by atoms with Gasteiger partial charge < -0.3 is 9.64 Å². The maximum absolute atomic E-state index is 11.8. The van der Waals surface area contributed by atoms with E-state index >= 15 is 0 Å². The van der Waals surface area contributed by atoms with E-state index in [1.54, 1.807) is 12.0 Å². The highest BCUT2D eigenvalue weighted by molar-refractivity contribution is 5.98. The van der Waals surface area contributed by atoms with Gasteiger partial charge in [-0.1, -0.05) is 0 Å². The molecular formula is C12H12N2O2. The smallest absolute Gasteiger partial charge is 0.244 e. The van der Waals surface area contributed by atoms with Crippen LogP contribution in [0.4, 0.5) is 5.69 Å². The van der Waals surface area contributed by atoms with Gasteiger partial charge in [-0.25, -0.2) is 0 Å². The molecule has 1 aromatic carbocycles. The molecule has 0 N–H and O–H groups in total. The molecule has 1 atom stereocenters. The Bertz CT molecular complexity index is 433. The van der Waals surface area contributed by atoms with Crippen LogP contribution in [0.2, 0.25) is 0 Å². The number of amides is 1. The van der Waals surface area contributed by atoms with Crippen LogP contribution in [0.3, 0.4) is 0 Å². The van der Waals surface area contributed by atoms with Gasteiger partial charge in [0.05, 0.1) is 13.2 Å². The Hall–Kier alpha value is -2.02. The van der Waals surface area contributed by atoms with Gasteiger partial charge in [-0.05, 0) is 30.7 Å². The van der Waals surface area contributed by atoms with Gasteiger partial charge in [0.25, 0.3) is 0 Å². The molecule has 4 nitrogen and oxygen atoms in total. The molecule has 1 aliphatic rings. The van der Waals surface area contributed by atoms with Gasteiger partial charge in [0, 0.05) is 12.2 Å². The van der Waals surface area contributed by atoms with Crippen LogP contribution >= 0.6 is 0 Å². The van der Waals surface area contributed by atoms with Gasteiger partial charge in [0.15, 0.2) is 0 Å². The lowest BCUT2D eigenvalue weighted by atomic mass is 10.1. The molecule has 1 saturated heterocycles. The minimum atomic E-state index is -0.484. The number of anilines is 1. The number of carbonyl (C=O) groups is 1. The molecular weight excluding hydrogens is 204 g/mol. The highest BCUT2D eigenvalue weighted by atomic mass is 16.5. The van der Waals surface area contributed by atoms with Crippen molar-refractivity contribution in [3.63, 3.8) is 0 Å². The van der Waals surface area contributed by atoms with Gasteiger partial charge >= 0.3 is 0 Å². The van der Waals surface area contributed by atoms with Crippen LogP contribution in [0.25, 0.3) is 0 Å². The second kappa shape index (κ2) is 4.23. The summed E-state index contributed by atoms with van der Waals surface area (Å²) in [6.45, 7) is 0.614. The Balaban J connectivity index is 2.20. The quantitative estimate of drug-likeness (QED) is 0.754. The first-order valence-corrected chi connectivity index (χ1v) is 5.11. The second-order valence-corrected chi connectivity index (χ2v) is 3.66. The highest BCUT2D eigenvalue weighted by Crippen LogP contribution is 2.26. The summed E-state index contributed by atoms with van der Waals surface area (Å²) in [7, 11) is 1.60. The lowest BCUT2D eigenvalue weighted by molar-refractivity contribution is -0.118. The predicted octanol–water partition coefficient (Wildman–Crippen LogP) is 1.57. The monoisotopic (exact) mass is 216 g/mol. The van der Waals surface area contributed by atoms with Gasteiger partial charge in [-0.2, -0.15) is 5.26 Å². The SMILES string of the molecule is COc1ccc(N2CC[C@@H](C#N)C2=O)cc1. The molecule has 1 fully saturated rings. The average Bonchev–Trinajstić information content (AvgIpc) is 2.70. The van der Waals surface area contributed by atoms with E-state index in [0.717, 1.165) is 11.4 Å². The number of ether oxygens (including phenoxy) is 1. The summed E-state index contributed by atoms with van der Waals surface area (Å²) in [5.41, 5.74) is 0.823. The van der Waals surface area contributed by atoms with Crippen LogP contribution in [0, 0.1) is 17.2 Å². The molecule has 1 heterocycles. The van der Waals surface area contributed by atoms with E-state index in [1.165, 1.54) is 0 Å². The molecule has 1 aromatic rings. The Morgan fingerprint density at radius 3 is 2.62 bits per heavy atom. The van der Waals surface area contributed by atoms with Crippen LogP contribution in [0.5, 0.6) is 5.75 Å². The van der Waals surface area contributed by atoms with Crippen molar-refractivity contribution in [2.75, 3.05) is 18.6 Å². The largest absolute Gasteiger partial charge is 0.497 e. The van der Waals surface area contributed by atoms with E-state index in [4.69, 9.17) is 10.00 Å². The molecule has 0 radical (unpaired) electrons. The molecule has 1 aliphatic heterocycles. The fraction of sp³-hybridized carbons (Fsp3) is 0.333. The van der Waals surface area contributed by atoms with Crippen LogP contribution in [-0.4, -0.2) is 19.6 Å². The first kappa shape index (κ1) is 10.5. The van der Waals surface area contributed by atoms with E-state index in [0.29, 0.717) is 13.0 Å². The van der Waals surface area contributed by atoms with Crippen LogP contribution < -0.4 is 9.64 Å². The minimum Gasteiger partial charge on any atom is -0.497 e. The summed E-state index contributed by atoms with van der Waals surface area (Å²) in [5.74, 6) is 0.169. The third kappa shape index (κ3) is 1.72. The lowest BCUT2D eigenvalue weighted by Crippen LogP contribution is -2.26. The zero-order chi connectivity index (χ0) is 11.5. The maximum Gasteiger partial charge on any atom is 0.244 e. The van der Waals surface area contributed by atoms with Crippen molar-refractivity contribution < 1.29 is 9.53 Å². The Morgan fingerprint density at radius 1 is 1.44 bits per heavy atom. The lowest BCUT2D eigenvalue weighted by Gasteiger charge is -2.15. The third-order valence-electron chi connectivity index (χ3n) is 2.75. The molecule has 82 valence electrons. The summed E-state index contributed by atoms with van der Waals surface area (Å²) >= 11 is 0. The molecule has 0 aliphatic carbocycles. The molecule has 16 heavy (non-hydrogen) atoms. The Kier molecular flexibility index (Phi) is 2.78. The van der Waals surface area contributed by atoms with Crippen molar-refractivity contribution in [3.05, 3.63) is 24.3 Å². The number of carbonyl (C=O) groups excluding carboxylic acids is 1. The zero-order valence-electron chi connectivity index (χ0n) is 9.01. The summed E-state index contributed by atoms with van der Waals surface area (Å²) < 4.78 is 5.05. The molecule has 0 bridgehead atoms. The van der Waals surface area contributed by atoms with E-state index in [1.807, 2.05) is 30.3 Å². The normalized spacial score (nSPS) is 19.6. The first-order valence-electron chi connectivity index (χ1n) is 5.11. The number of methoxy groups -OCH3 is 1. The van der Waals surface area contributed by atoms with Gasteiger partial charge in [0.2, 0.25) is 5.91 Å². The average molecular weight is 216 g/mol. The molecule has 4 heteroatoms. The standard InChI is InChI=1S/C12H12N2O2/c1-16-11-4-2-10(3-5-11)14-7-6-9(8-13)12(14)15/h2-5,9H,6-7H2,1H3/t9-/m0/s1. The minimum absolute atomic E-state index is 0.104. The van der Waals surface area contributed by atoms with Crippen molar-refractivity contribution in [2.45, 2.75) is 6.42 Å². The van der Waals surface area contributed by atoms with E-state index < -0.39 is 5.92 Å². The molecule has 0 aromatic heterocycles. The number of nitriles is 1. The summed E-state index contributed by atoms with van der Waals surface area (Å²) in [6, 6.07) is 9.30. The fourth-order valence-electron chi connectivity index (χ4n) is 1.82. The van der Waals surface area contributed by atoms with Gasteiger partial charge in [-0.15, -0.1) is 0 Å². The van der Waals surface area contributed by atoms with Crippen molar-refractivity contribution in [3.8, 4) is 11.8 Å². The number of nitrogens with zero attached hydrogens (tertiary/aromatic N) is 2. The molecule has 1 amide bonds. The summed E-state index contributed by atoms with van der Waals surface area (Å²) in [4.78, 5) is 13.4. The van der Waals surface area contributed by atoms with Crippen molar-refractivity contribution in [1.82, 2.24) is 0 Å². The number of hydrogen-bond acceptors (Lipinski definition) is 3. The fourth-order valence-corrected chi connectivity index (χ4v) is 1.82. The van der Waals surface area contributed by atoms with Crippen LogP contribution in [-0.2, 0) is 4.79 Å². The predicted molar refractivity (Wildman–Crippen MR) is 59.1 cm³/mol.